The summed E-state index contributed by atoms with van der Waals surface area (Å²) in [6, 6.07) is 0.337. The molecule has 84 valence electrons. The number of nitrogens with two attached hydrogens (primary N) is 1. The first-order valence-corrected chi connectivity index (χ1v) is 4.45. The molecule has 0 aliphatic rings. The van der Waals surface area contributed by atoms with Crippen LogP contribution in [0.3, 0.4) is 0 Å². The minimum absolute atomic E-state index is 0.0849. The predicted molar refractivity (Wildman–Crippen MR) is 54.8 cm³/mol. The molecule has 1 rings (SSSR count). The first-order chi connectivity index (χ1) is 7.11. The van der Waals surface area contributed by atoms with Gasteiger partial charge in [0, 0.05) is 6.54 Å². The first-order valence-electron chi connectivity index (χ1n) is 4.45. The molecule has 7 nitrogen and oxygen atoms in total. The van der Waals surface area contributed by atoms with Crippen LogP contribution in [0, 0.1) is 0 Å². The lowest BCUT2D eigenvalue weighted by molar-refractivity contribution is 0.241. The van der Waals surface area contributed by atoms with E-state index in [-0.39, 0.29) is 18.0 Å². The van der Waals surface area contributed by atoms with Crippen molar-refractivity contribution in [1.29, 1.82) is 0 Å². The van der Waals surface area contributed by atoms with Gasteiger partial charge >= 0.3 is 12.0 Å². The number of aromatic nitrogens is 3. The zero-order valence-electron chi connectivity index (χ0n) is 9.10. The summed E-state index contributed by atoms with van der Waals surface area (Å²) < 4.78 is 10.1. The van der Waals surface area contributed by atoms with Gasteiger partial charge in [0.1, 0.15) is 6.61 Å². The Kier molecular flexibility index (Phi) is 4.04. The first kappa shape index (κ1) is 11.4. The Morgan fingerprint density at radius 1 is 1.20 bits per heavy atom. The minimum Gasteiger partial charge on any atom is -0.467 e. The molecule has 0 bridgehead atoms. The second-order valence-electron chi connectivity index (χ2n) is 3.11. The average Bonchev–Trinajstić information content (AvgIpc) is 2.16. The molecule has 0 atom stereocenters. The molecule has 0 aromatic carbocycles. The van der Waals surface area contributed by atoms with Gasteiger partial charge in [-0.1, -0.05) is 0 Å². The molecular formula is C8H15N5O2. The van der Waals surface area contributed by atoms with Gasteiger partial charge in [0.2, 0.25) is 5.95 Å². The third-order valence-corrected chi connectivity index (χ3v) is 1.56. The van der Waals surface area contributed by atoms with Crippen molar-refractivity contribution in [3.8, 4) is 12.0 Å². The molecule has 0 aliphatic carbocycles. The molecule has 0 radical (unpaired) electrons. The van der Waals surface area contributed by atoms with Crippen LogP contribution in [0.4, 0.5) is 5.95 Å². The molecule has 0 saturated carbocycles. The van der Waals surface area contributed by atoms with Gasteiger partial charge in [-0.3, -0.25) is 0 Å². The molecule has 0 saturated heterocycles. The van der Waals surface area contributed by atoms with E-state index in [1.807, 2.05) is 19.0 Å². The highest BCUT2D eigenvalue weighted by Crippen LogP contribution is 2.09. The van der Waals surface area contributed by atoms with Crippen molar-refractivity contribution >= 4 is 5.95 Å². The number of hydrogen-bond donors (Lipinski definition) is 1. The molecule has 0 aliphatic heterocycles. The third kappa shape index (κ3) is 3.94. The van der Waals surface area contributed by atoms with Crippen molar-refractivity contribution in [3.05, 3.63) is 0 Å². The number of anilines is 1. The summed E-state index contributed by atoms with van der Waals surface area (Å²) in [5, 5.41) is 0. The number of nitrogens with zero attached hydrogens (tertiary/aromatic N) is 4. The monoisotopic (exact) mass is 213 g/mol. The van der Waals surface area contributed by atoms with E-state index in [0.29, 0.717) is 6.61 Å². The summed E-state index contributed by atoms with van der Waals surface area (Å²) in [6.07, 6.45) is 0. The van der Waals surface area contributed by atoms with Crippen LogP contribution in [0.15, 0.2) is 0 Å². The van der Waals surface area contributed by atoms with E-state index < -0.39 is 0 Å². The van der Waals surface area contributed by atoms with E-state index in [9.17, 15) is 0 Å². The van der Waals surface area contributed by atoms with Crippen LogP contribution in [-0.2, 0) is 0 Å². The molecular weight excluding hydrogens is 198 g/mol. The Morgan fingerprint density at radius 3 is 2.47 bits per heavy atom. The lowest BCUT2D eigenvalue weighted by Crippen LogP contribution is -2.20. The molecule has 7 heteroatoms. The zero-order valence-corrected chi connectivity index (χ0v) is 9.10. The van der Waals surface area contributed by atoms with Crippen molar-refractivity contribution in [2.24, 2.45) is 0 Å². The number of likely N-dealkylation sites (N-methyl/N-ethyl adjacent to an activating group) is 1. The van der Waals surface area contributed by atoms with E-state index in [0.717, 1.165) is 6.54 Å². The molecule has 1 aromatic rings. The van der Waals surface area contributed by atoms with Crippen LogP contribution in [0.2, 0.25) is 0 Å². The Labute approximate surface area is 88.2 Å². The fourth-order valence-corrected chi connectivity index (χ4v) is 0.828. The van der Waals surface area contributed by atoms with Crippen molar-refractivity contribution in [1.82, 2.24) is 19.9 Å². The molecule has 0 unspecified atom stereocenters. The topological polar surface area (TPSA) is 86.4 Å². The van der Waals surface area contributed by atoms with Gasteiger partial charge in [-0.15, -0.1) is 4.98 Å². The summed E-state index contributed by atoms with van der Waals surface area (Å²) in [4.78, 5) is 13.4. The number of methoxy groups -OCH3 is 1. The molecule has 15 heavy (non-hydrogen) atoms. The van der Waals surface area contributed by atoms with E-state index >= 15 is 0 Å². The van der Waals surface area contributed by atoms with Crippen LogP contribution in [0.5, 0.6) is 12.0 Å². The molecule has 2 N–H and O–H groups in total. The second kappa shape index (κ2) is 5.30. The summed E-state index contributed by atoms with van der Waals surface area (Å²) in [6.45, 7) is 1.26. The maximum Gasteiger partial charge on any atom is 0.324 e. The second-order valence-corrected chi connectivity index (χ2v) is 3.11. The Hall–Kier alpha value is -1.63. The van der Waals surface area contributed by atoms with Gasteiger partial charge in [-0.2, -0.15) is 9.97 Å². The SMILES string of the molecule is COc1nc(N)nc(OCCN(C)C)n1. The largest absolute Gasteiger partial charge is 0.467 e. The summed E-state index contributed by atoms with van der Waals surface area (Å²) >= 11 is 0. The number of nitrogen functional groups attached to an aromatic ring is 1. The van der Waals surface area contributed by atoms with Gasteiger partial charge in [-0.05, 0) is 14.1 Å². The summed E-state index contributed by atoms with van der Waals surface area (Å²) in [5.74, 6) is 0.0849. The molecule has 1 heterocycles. The van der Waals surface area contributed by atoms with Crippen LogP contribution < -0.4 is 15.2 Å². The van der Waals surface area contributed by atoms with Crippen molar-refractivity contribution < 1.29 is 9.47 Å². The highest BCUT2D eigenvalue weighted by atomic mass is 16.5. The lowest BCUT2D eigenvalue weighted by Gasteiger charge is -2.09. The smallest absolute Gasteiger partial charge is 0.324 e. The Bertz CT molecular complexity index is 318. The molecule has 0 spiro atoms. The van der Waals surface area contributed by atoms with E-state index in [4.69, 9.17) is 15.2 Å². The van der Waals surface area contributed by atoms with Crippen LogP contribution in [0.1, 0.15) is 0 Å². The highest BCUT2D eigenvalue weighted by molar-refractivity contribution is 5.20. The fraction of sp³-hybridized carbons (Fsp3) is 0.625. The maximum absolute atomic E-state index is 5.43. The van der Waals surface area contributed by atoms with E-state index in [1.165, 1.54) is 7.11 Å². The quantitative estimate of drug-likeness (QED) is 0.699. The summed E-state index contributed by atoms with van der Waals surface area (Å²) in [5.41, 5.74) is 5.43. The minimum atomic E-state index is 0.0849. The van der Waals surface area contributed by atoms with Gasteiger partial charge in [0.15, 0.2) is 0 Å². The fourth-order valence-electron chi connectivity index (χ4n) is 0.828. The number of ether oxygens (including phenoxy) is 2. The van der Waals surface area contributed by atoms with Gasteiger partial charge in [-0.25, -0.2) is 0 Å². The Balaban J connectivity index is 2.56. The Morgan fingerprint density at radius 2 is 1.87 bits per heavy atom. The van der Waals surface area contributed by atoms with Crippen LogP contribution in [-0.4, -0.2) is 54.2 Å². The van der Waals surface area contributed by atoms with E-state index in [2.05, 4.69) is 15.0 Å². The lowest BCUT2D eigenvalue weighted by atomic mass is 10.6. The van der Waals surface area contributed by atoms with Gasteiger partial charge in [0.25, 0.3) is 0 Å². The highest BCUT2D eigenvalue weighted by Gasteiger charge is 2.05. The molecule has 0 amide bonds. The van der Waals surface area contributed by atoms with Crippen LogP contribution in [0.25, 0.3) is 0 Å². The average molecular weight is 213 g/mol. The maximum atomic E-state index is 5.43. The molecule has 0 fully saturated rings. The third-order valence-electron chi connectivity index (χ3n) is 1.56. The number of rotatable bonds is 5. The van der Waals surface area contributed by atoms with E-state index in [1.54, 1.807) is 0 Å². The number of hydrogen-bond acceptors (Lipinski definition) is 7. The van der Waals surface area contributed by atoms with Gasteiger partial charge in [0.05, 0.1) is 7.11 Å². The van der Waals surface area contributed by atoms with Crippen molar-refractivity contribution in [2.75, 3.05) is 40.1 Å². The molecule has 1 aromatic heterocycles. The zero-order chi connectivity index (χ0) is 11.3. The van der Waals surface area contributed by atoms with Gasteiger partial charge < -0.3 is 20.1 Å². The van der Waals surface area contributed by atoms with Crippen molar-refractivity contribution in [3.63, 3.8) is 0 Å². The van der Waals surface area contributed by atoms with Crippen molar-refractivity contribution in [2.45, 2.75) is 0 Å². The summed E-state index contributed by atoms with van der Waals surface area (Å²) in [7, 11) is 5.36. The van der Waals surface area contributed by atoms with Crippen LogP contribution >= 0.6 is 0 Å². The predicted octanol–water partition coefficient (Wildman–Crippen LogP) is -0.597. The standard InChI is InChI=1S/C8H15N5O2/c1-13(2)4-5-15-8-11-6(9)10-7(12-8)14-3/h4-5H2,1-3H3,(H2,9,10,11,12). The normalized spacial score (nSPS) is 10.4.